The SMILES string of the molecule is CC(=O)CCCCCCOc1ccc2ccccc2c1. The van der Waals surface area contributed by atoms with E-state index < -0.39 is 0 Å². The van der Waals surface area contributed by atoms with Crippen molar-refractivity contribution in [1.82, 2.24) is 0 Å². The normalized spacial score (nSPS) is 10.7. The van der Waals surface area contributed by atoms with Crippen LogP contribution < -0.4 is 4.74 Å². The van der Waals surface area contributed by atoms with Crippen molar-refractivity contribution < 1.29 is 9.53 Å². The van der Waals surface area contributed by atoms with Crippen molar-refractivity contribution in [3.8, 4) is 5.75 Å². The summed E-state index contributed by atoms with van der Waals surface area (Å²) in [5.74, 6) is 1.23. The summed E-state index contributed by atoms with van der Waals surface area (Å²) in [5, 5.41) is 2.45. The second-order valence-corrected chi connectivity index (χ2v) is 5.22. The quantitative estimate of drug-likeness (QED) is 0.646. The molecular weight excluding hydrogens is 248 g/mol. The number of carbonyl (C=O) groups excluding carboxylic acids is 1. The number of unbranched alkanes of at least 4 members (excludes halogenated alkanes) is 3. The van der Waals surface area contributed by atoms with E-state index in [0.29, 0.717) is 6.42 Å². The predicted octanol–water partition coefficient (Wildman–Crippen LogP) is 4.76. The first kappa shape index (κ1) is 14.6. The molecule has 106 valence electrons. The van der Waals surface area contributed by atoms with Crippen LogP contribution in [0.3, 0.4) is 0 Å². The van der Waals surface area contributed by atoms with E-state index in [1.807, 2.05) is 18.2 Å². The largest absolute Gasteiger partial charge is 0.494 e. The fraction of sp³-hybridized carbons (Fsp3) is 0.389. The minimum absolute atomic E-state index is 0.289. The van der Waals surface area contributed by atoms with E-state index in [1.54, 1.807) is 6.92 Å². The number of rotatable bonds is 8. The van der Waals surface area contributed by atoms with Crippen LogP contribution in [0.5, 0.6) is 5.75 Å². The van der Waals surface area contributed by atoms with Crippen LogP contribution in [0, 0.1) is 0 Å². The van der Waals surface area contributed by atoms with Crippen LogP contribution in [0.15, 0.2) is 42.5 Å². The van der Waals surface area contributed by atoms with Gasteiger partial charge in [0, 0.05) is 6.42 Å². The van der Waals surface area contributed by atoms with Gasteiger partial charge in [-0.15, -0.1) is 0 Å². The van der Waals surface area contributed by atoms with Crippen molar-refractivity contribution in [2.24, 2.45) is 0 Å². The van der Waals surface area contributed by atoms with Crippen molar-refractivity contribution >= 4 is 16.6 Å². The first-order valence-corrected chi connectivity index (χ1v) is 7.37. The lowest BCUT2D eigenvalue weighted by Crippen LogP contribution is -1.97. The zero-order valence-corrected chi connectivity index (χ0v) is 12.1. The summed E-state index contributed by atoms with van der Waals surface area (Å²) in [6.07, 6.45) is 5.00. The monoisotopic (exact) mass is 270 g/mol. The summed E-state index contributed by atoms with van der Waals surface area (Å²) < 4.78 is 5.77. The molecule has 0 aliphatic carbocycles. The molecule has 0 N–H and O–H groups in total. The van der Waals surface area contributed by atoms with E-state index in [1.165, 1.54) is 10.8 Å². The van der Waals surface area contributed by atoms with Gasteiger partial charge in [-0.2, -0.15) is 0 Å². The van der Waals surface area contributed by atoms with Gasteiger partial charge in [-0.3, -0.25) is 0 Å². The number of benzene rings is 2. The minimum Gasteiger partial charge on any atom is -0.494 e. The molecule has 20 heavy (non-hydrogen) atoms. The Balaban J connectivity index is 1.69. The Morgan fingerprint density at radius 2 is 1.70 bits per heavy atom. The maximum absolute atomic E-state index is 10.8. The van der Waals surface area contributed by atoms with Gasteiger partial charge in [0.05, 0.1) is 6.61 Å². The fourth-order valence-corrected chi connectivity index (χ4v) is 2.28. The van der Waals surface area contributed by atoms with E-state index in [-0.39, 0.29) is 5.78 Å². The molecule has 2 heteroatoms. The summed E-state index contributed by atoms with van der Waals surface area (Å²) in [6, 6.07) is 14.5. The van der Waals surface area contributed by atoms with Gasteiger partial charge in [0.2, 0.25) is 0 Å². The highest BCUT2D eigenvalue weighted by Gasteiger charge is 1.98. The lowest BCUT2D eigenvalue weighted by molar-refractivity contribution is -0.117. The number of hydrogen-bond acceptors (Lipinski definition) is 2. The van der Waals surface area contributed by atoms with Crippen LogP contribution >= 0.6 is 0 Å². The first-order chi connectivity index (χ1) is 9.75. The lowest BCUT2D eigenvalue weighted by Gasteiger charge is -2.07. The molecule has 0 aromatic heterocycles. The van der Waals surface area contributed by atoms with Crippen molar-refractivity contribution in [1.29, 1.82) is 0 Å². The van der Waals surface area contributed by atoms with Crippen LogP contribution in [-0.4, -0.2) is 12.4 Å². The maximum atomic E-state index is 10.8. The Morgan fingerprint density at radius 3 is 2.50 bits per heavy atom. The number of fused-ring (bicyclic) bond motifs is 1. The van der Waals surface area contributed by atoms with Crippen molar-refractivity contribution in [3.63, 3.8) is 0 Å². The maximum Gasteiger partial charge on any atom is 0.129 e. The molecular formula is C18H22O2. The van der Waals surface area contributed by atoms with E-state index in [9.17, 15) is 4.79 Å². The second kappa shape index (κ2) is 7.68. The minimum atomic E-state index is 0.289. The highest BCUT2D eigenvalue weighted by atomic mass is 16.5. The van der Waals surface area contributed by atoms with Crippen LogP contribution in [0.2, 0.25) is 0 Å². The lowest BCUT2D eigenvalue weighted by atomic mass is 10.1. The second-order valence-electron chi connectivity index (χ2n) is 5.22. The number of ether oxygens (including phenoxy) is 1. The molecule has 2 aromatic carbocycles. The van der Waals surface area contributed by atoms with Gasteiger partial charge in [-0.25, -0.2) is 0 Å². The number of Topliss-reactive ketones (excluding diaryl/α,β-unsaturated/α-hetero) is 1. The van der Waals surface area contributed by atoms with E-state index in [2.05, 4.69) is 24.3 Å². The topological polar surface area (TPSA) is 26.3 Å². The molecule has 0 saturated carbocycles. The van der Waals surface area contributed by atoms with Crippen molar-refractivity contribution in [2.75, 3.05) is 6.61 Å². The molecule has 0 atom stereocenters. The van der Waals surface area contributed by atoms with E-state index in [4.69, 9.17) is 4.74 Å². The highest BCUT2D eigenvalue weighted by molar-refractivity contribution is 5.83. The molecule has 0 bridgehead atoms. The molecule has 0 spiro atoms. The van der Waals surface area contributed by atoms with Gasteiger partial charge in [-0.1, -0.05) is 43.2 Å². The zero-order valence-electron chi connectivity index (χ0n) is 12.1. The van der Waals surface area contributed by atoms with Gasteiger partial charge >= 0.3 is 0 Å². The van der Waals surface area contributed by atoms with Crippen LogP contribution in [0.25, 0.3) is 10.8 Å². The molecule has 2 rings (SSSR count). The zero-order chi connectivity index (χ0) is 14.2. The summed E-state index contributed by atoms with van der Waals surface area (Å²) in [7, 11) is 0. The summed E-state index contributed by atoms with van der Waals surface area (Å²) in [5.41, 5.74) is 0. The Bertz CT molecular complexity index is 560. The third-order valence-corrected chi connectivity index (χ3v) is 3.41. The van der Waals surface area contributed by atoms with Gasteiger partial charge in [0.1, 0.15) is 11.5 Å². The van der Waals surface area contributed by atoms with E-state index in [0.717, 1.165) is 38.0 Å². The Morgan fingerprint density at radius 1 is 0.950 bits per heavy atom. The third-order valence-electron chi connectivity index (χ3n) is 3.41. The number of ketones is 1. The molecule has 0 fully saturated rings. The summed E-state index contributed by atoms with van der Waals surface area (Å²) in [4.78, 5) is 10.8. The standard InChI is InChI=1S/C18H22O2/c1-15(19)8-4-2-3-7-13-20-18-12-11-16-9-5-6-10-17(16)14-18/h5-6,9-12,14H,2-4,7-8,13H2,1H3. The molecule has 0 unspecified atom stereocenters. The van der Waals surface area contributed by atoms with Crippen LogP contribution in [-0.2, 0) is 4.79 Å². The molecule has 0 saturated heterocycles. The van der Waals surface area contributed by atoms with Gasteiger partial charge in [-0.05, 0) is 42.7 Å². The van der Waals surface area contributed by atoms with Gasteiger partial charge < -0.3 is 9.53 Å². The molecule has 0 amide bonds. The van der Waals surface area contributed by atoms with Crippen LogP contribution in [0.4, 0.5) is 0 Å². The Labute approximate surface area is 120 Å². The molecule has 0 heterocycles. The third kappa shape index (κ3) is 4.69. The molecule has 0 aliphatic heterocycles. The predicted molar refractivity (Wildman–Crippen MR) is 83.2 cm³/mol. The van der Waals surface area contributed by atoms with Gasteiger partial charge in [0.25, 0.3) is 0 Å². The number of carbonyl (C=O) groups is 1. The first-order valence-electron chi connectivity index (χ1n) is 7.37. The van der Waals surface area contributed by atoms with Crippen molar-refractivity contribution in [3.05, 3.63) is 42.5 Å². The Hall–Kier alpha value is -1.83. The van der Waals surface area contributed by atoms with Gasteiger partial charge in [0.15, 0.2) is 0 Å². The summed E-state index contributed by atoms with van der Waals surface area (Å²) >= 11 is 0. The average Bonchev–Trinajstić information content (AvgIpc) is 2.46. The average molecular weight is 270 g/mol. The smallest absolute Gasteiger partial charge is 0.129 e. The van der Waals surface area contributed by atoms with E-state index >= 15 is 0 Å². The molecule has 2 nitrogen and oxygen atoms in total. The van der Waals surface area contributed by atoms with Crippen molar-refractivity contribution in [2.45, 2.75) is 39.0 Å². The Kier molecular flexibility index (Phi) is 5.60. The molecule has 0 aliphatic rings. The number of hydrogen-bond donors (Lipinski definition) is 0. The highest BCUT2D eigenvalue weighted by Crippen LogP contribution is 2.20. The summed E-state index contributed by atoms with van der Waals surface area (Å²) in [6.45, 7) is 2.40. The fourth-order valence-electron chi connectivity index (χ4n) is 2.28. The van der Waals surface area contributed by atoms with Crippen LogP contribution in [0.1, 0.15) is 39.0 Å². The molecule has 0 radical (unpaired) electrons. The molecule has 2 aromatic rings.